The predicted molar refractivity (Wildman–Crippen MR) is 151 cm³/mol. The first-order chi connectivity index (χ1) is 19.5. The number of methoxy groups -OCH3 is 3. The number of para-hydroxylation sites is 1. The summed E-state index contributed by atoms with van der Waals surface area (Å²) in [5.74, 6) is 1.01. The molecule has 10 nitrogen and oxygen atoms in total. The summed E-state index contributed by atoms with van der Waals surface area (Å²) in [6, 6.07) is 18.7. The molecule has 1 aliphatic rings. The number of amides is 2. The van der Waals surface area contributed by atoms with Crippen LogP contribution in [0.1, 0.15) is 37.3 Å². The molecule has 1 N–H and O–H groups in total. The molecule has 10 heteroatoms. The third-order valence-corrected chi connectivity index (χ3v) is 7.27. The van der Waals surface area contributed by atoms with Gasteiger partial charge in [-0.25, -0.2) is 4.68 Å². The van der Waals surface area contributed by atoms with Gasteiger partial charge in [0, 0.05) is 23.4 Å². The van der Waals surface area contributed by atoms with Crippen LogP contribution >= 0.6 is 0 Å². The smallest absolute Gasteiger partial charge is 0.249 e. The highest BCUT2D eigenvalue weighted by atomic mass is 16.5. The number of ether oxygens (including phenoxy) is 3. The predicted octanol–water partition coefficient (Wildman–Crippen LogP) is 4.29. The van der Waals surface area contributed by atoms with E-state index in [1.807, 2.05) is 24.3 Å². The third-order valence-electron chi connectivity index (χ3n) is 7.27. The number of nitrogens with zero attached hydrogens (tertiary/aromatic N) is 4. The van der Waals surface area contributed by atoms with E-state index in [0.717, 1.165) is 31.2 Å². The number of fused-ring (bicyclic) bond motifs is 1. The lowest BCUT2D eigenvalue weighted by Crippen LogP contribution is -2.47. The second-order valence-corrected chi connectivity index (χ2v) is 9.70. The van der Waals surface area contributed by atoms with Crippen LogP contribution in [0.2, 0.25) is 0 Å². The lowest BCUT2D eigenvalue weighted by molar-refractivity contribution is -0.127. The number of anilines is 1. The molecule has 1 saturated carbocycles. The molecule has 5 rings (SSSR count). The van der Waals surface area contributed by atoms with Crippen molar-refractivity contribution in [2.24, 2.45) is 0 Å². The van der Waals surface area contributed by atoms with Crippen molar-refractivity contribution in [3.63, 3.8) is 0 Å². The van der Waals surface area contributed by atoms with Crippen molar-refractivity contribution in [3.8, 4) is 17.2 Å². The number of nitrogens with one attached hydrogen (secondary N) is 1. The second kappa shape index (κ2) is 12.1. The van der Waals surface area contributed by atoms with E-state index < -0.39 is 6.04 Å². The molecule has 1 fully saturated rings. The lowest BCUT2D eigenvalue weighted by atomic mass is 10.0. The molecule has 3 aromatic carbocycles. The Kier molecular flexibility index (Phi) is 8.14. The minimum Gasteiger partial charge on any atom is -0.497 e. The number of carbonyl (C=O) groups excluding carboxylic acids is 2. The molecular weight excluding hydrogens is 510 g/mol. The van der Waals surface area contributed by atoms with E-state index >= 15 is 0 Å². The molecule has 0 spiro atoms. The highest BCUT2D eigenvalue weighted by molar-refractivity contribution is 6.02. The zero-order chi connectivity index (χ0) is 28.1. The van der Waals surface area contributed by atoms with E-state index in [-0.39, 0.29) is 24.4 Å². The van der Waals surface area contributed by atoms with E-state index in [1.165, 1.54) is 12.0 Å². The molecule has 208 valence electrons. The first-order valence-corrected chi connectivity index (χ1v) is 13.3. The largest absolute Gasteiger partial charge is 0.497 e. The Morgan fingerprint density at radius 1 is 0.950 bits per heavy atom. The first kappa shape index (κ1) is 27.0. The summed E-state index contributed by atoms with van der Waals surface area (Å²) < 4.78 is 18.0. The van der Waals surface area contributed by atoms with Gasteiger partial charge in [-0.1, -0.05) is 30.2 Å². The SMILES string of the molecule is COc1ccc(N(C(=O)Cn2nnc3ccccc32)[C@@H](C(=O)NC2CCCC2)c2ccc(OC)cc2OC)cc1. The number of benzene rings is 3. The van der Waals surface area contributed by atoms with Gasteiger partial charge in [0.25, 0.3) is 0 Å². The molecule has 4 aromatic rings. The van der Waals surface area contributed by atoms with Crippen molar-refractivity contribution in [1.82, 2.24) is 20.3 Å². The standard InChI is InChI=1S/C30H33N5O5/c1-38-22-14-12-21(13-15-22)35(28(36)19-34-26-11-7-6-10-25(26)32-33-34)29(30(37)31-20-8-4-5-9-20)24-17-16-23(39-2)18-27(24)40-3/h6-7,10-18,20,29H,4-5,8-9,19H2,1-3H3,(H,31,37)/t29-/m1/s1. The summed E-state index contributed by atoms with van der Waals surface area (Å²) in [5.41, 5.74) is 2.46. The van der Waals surface area contributed by atoms with Crippen molar-refractivity contribution >= 4 is 28.5 Å². The van der Waals surface area contributed by atoms with Crippen LogP contribution < -0.4 is 24.4 Å². The molecule has 1 aromatic heterocycles. The van der Waals surface area contributed by atoms with E-state index in [1.54, 1.807) is 61.4 Å². The molecule has 1 atom stereocenters. The number of rotatable bonds is 10. The van der Waals surface area contributed by atoms with Crippen LogP contribution in [0, 0.1) is 0 Å². The Balaban J connectivity index is 1.62. The number of hydrogen-bond acceptors (Lipinski definition) is 7. The van der Waals surface area contributed by atoms with Crippen LogP contribution in [0.15, 0.2) is 66.7 Å². The molecule has 1 aliphatic carbocycles. The Bertz CT molecular complexity index is 1480. The average molecular weight is 544 g/mol. The molecule has 1 heterocycles. The molecule has 0 bridgehead atoms. The Morgan fingerprint density at radius 2 is 1.65 bits per heavy atom. The van der Waals surface area contributed by atoms with Crippen LogP contribution in [0.3, 0.4) is 0 Å². The normalized spacial score (nSPS) is 14.1. The number of carbonyl (C=O) groups is 2. The Labute approximate surface area is 232 Å². The summed E-state index contributed by atoms with van der Waals surface area (Å²) in [4.78, 5) is 29.9. The number of hydrogen-bond donors (Lipinski definition) is 1. The van der Waals surface area contributed by atoms with Gasteiger partial charge in [-0.2, -0.15) is 0 Å². The minimum absolute atomic E-state index is 0.0475. The fraction of sp³-hybridized carbons (Fsp3) is 0.333. The maximum absolute atomic E-state index is 14.2. The van der Waals surface area contributed by atoms with Gasteiger partial charge in [-0.3, -0.25) is 14.5 Å². The monoisotopic (exact) mass is 543 g/mol. The van der Waals surface area contributed by atoms with Crippen molar-refractivity contribution in [1.29, 1.82) is 0 Å². The maximum Gasteiger partial charge on any atom is 0.249 e. The van der Waals surface area contributed by atoms with Gasteiger partial charge in [0.1, 0.15) is 35.4 Å². The topological polar surface area (TPSA) is 108 Å². The van der Waals surface area contributed by atoms with Gasteiger partial charge >= 0.3 is 0 Å². The molecular formula is C30H33N5O5. The van der Waals surface area contributed by atoms with Gasteiger partial charge in [-0.15, -0.1) is 5.10 Å². The summed E-state index contributed by atoms with van der Waals surface area (Å²) in [6.45, 7) is -0.127. The Hall–Kier alpha value is -4.60. The van der Waals surface area contributed by atoms with Gasteiger partial charge < -0.3 is 19.5 Å². The lowest BCUT2D eigenvalue weighted by Gasteiger charge is -2.33. The van der Waals surface area contributed by atoms with Crippen LogP contribution in [-0.4, -0.2) is 54.2 Å². The van der Waals surface area contributed by atoms with Crippen LogP contribution in [0.4, 0.5) is 5.69 Å². The average Bonchev–Trinajstić information content (AvgIpc) is 3.65. The van der Waals surface area contributed by atoms with E-state index in [2.05, 4.69) is 15.6 Å². The molecule has 0 unspecified atom stereocenters. The van der Waals surface area contributed by atoms with Crippen molar-refractivity contribution in [3.05, 3.63) is 72.3 Å². The van der Waals surface area contributed by atoms with Gasteiger partial charge in [-0.05, 0) is 61.4 Å². The highest BCUT2D eigenvalue weighted by Crippen LogP contribution is 2.37. The first-order valence-electron chi connectivity index (χ1n) is 13.3. The highest BCUT2D eigenvalue weighted by Gasteiger charge is 2.36. The van der Waals surface area contributed by atoms with Crippen LogP contribution in [0.5, 0.6) is 17.2 Å². The van der Waals surface area contributed by atoms with Gasteiger partial charge in [0.2, 0.25) is 11.8 Å². The van der Waals surface area contributed by atoms with E-state index in [4.69, 9.17) is 14.2 Å². The molecule has 2 amide bonds. The molecule has 40 heavy (non-hydrogen) atoms. The van der Waals surface area contributed by atoms with Gasteiger partial charge in [0.05, 0.1) is 26.8 Å². The Morgan fingerprint density at radius 3 is 2.35 bits per heavy atom. The zero-order valence-corrected chi connectivity index (χ0v) is 22.9. The molecule has 0 saturated heterocycles. The minimum atomic E-state index is -1.03. The zero-order valence-electron chi connectivity index (χ0n) is 22.9. The van der Waals surface area contributed by atoms with E-state index in [0.29, 0.717) is 34.0 Å². The van der Waals surface area contributed by atoms with Crippen molar-refractivity contribution in [2.45, 2.75) is 44.3 Å². The van der Waals surface area contributed by atoms with Crippen LogP contribution in [0.25, 0.3) is 11.0 Å². The summed E-state index contributed by atoms with van der Waals surface area (Å²) in [5, 5.41) is 11.6. The van der Waals surface area contributed by atoms with Crippen molar-refractivity contribution < 1.29 is 23.8 Å². The van der Waals surface area contributed by atoms with Gasteiger partial charge in [0.15, 0.2) is 0 Å². The third kappa shape index (κ3) is 5.56. The maximum atomic E-state index is 14.2. The summed E-state index contributed by atoms with van der Waals surface area (Å²) >= 11 is 0. The molecule has 0 aliphatic heterocycles. The fourth-order valence-corrected chi connectivity index (χ4v) is 5.21. The van der Waals surface area contributed by atoms with Crippen molar-refractivity contribution in [2.75, 3.05) is 26.2 Å². The second-order valence-electron chi connectivity index (χ2n) is 9.70. The number of aromatic nitrogens is 3. The van der Waals surface area contributed by atoms with Crippen LogP contribution in [-0.2, 0) is 16.1 Å². The fourth-order valence-electron chi connectivity index (χ4n) is 5.21. The molecule has 0 radical (unpaired) electrons. The quantitative estimate of drug-likeness (QED) is 0.318. The summed E-state index contributed by atoms with van der Waals surface area (Å²) in [7, 11) is 4.67. The summed E-state index contributed by atoms with van der Waals surface area (Å²) in [6.07, 6.45) is 3.92. The van der Waals surface area contributed by atoms with E-state index in [9.17, 15) is 9.59 Å².